The number of hydrogen-bond donors (Lipinski definition) is 1. The standard InChI is InChI=1S/C19H21N3O2S/c1-21-11-9-17-15(13-21)4-3-5-19(17)25(23,24)22(2)16-6-7-18-14(12-16)8-10-20-18/h3-8,10,12,20H,9,11,13H2,1-2H3. The Morgan fingerprint density at radius 1 is 1.16 bits per heavy atom. The Balaban J connectivity index is 1.77. The first-order chi connectivity index (χ1) is 12.0. The summed E-state index contributed by atoms with van der Waals surface area (Å²) in [6.07, 6.45) is 2.61. The molecule has 0 fully saturated rings. The van der Waals surface area contributed by atoms with Crippen LogP contribution in [0.3, 0.4) is 0 Å². The van der Waals surface area contributed by atoms with E-state index in [-0.39, 0.29) is 0 Å². The molecular formula is C19H21N3O2S. The zero-order chi connectivity index (χ0) is 17.6. The van der Waals surface area contributed by atoms with Gasteiger partial charge in [-0.3, -0.25) is 4.31 Å². The zero-order valence-electron chi connectivity index (χ0n) is 14.4. The number of anilines is 1. The van der Waals surface area contributed by atoms with Crippen molar-refractivity contribution >= 4 is 26.6 Å². The quantitative estimate of drug-likeness (QED) is 0.786. The van der Waals surface area contributed by atoms with Crippen LogP contribution < -0.4 is 4.31 Å². The van der Waals surface area contributed by atoms with Crippen molar-refractivity contribution in [3.05, 3.63) is 59.8 Å². The summed E-state index contributed by atoms with van der Waals surface area (Å²) in [6, 6.07) is 13.2. The average Bonchev–Trinajstić information content (AvgIpc) is 3.07. The van der Waals surface area contributed by atoms with Crippen LogP contribution in [-0.4, -0.2) is 38.9 Å². The molecule has 130 valence electrons. The Morgan fingerprint density at radius 2 is 2.00 bits per heavy atom. The van der Waals surface area contributed by atoms with Crippen molar-refractivity contribution in [1.29, 1.82) is 0 Å². The van der Waals surface area contributed by atoms with E-state index in [1.807, 2.05) is 42.6 Å². The maximum atomic E-state index is 13.3. The minimum atomic E-state index is -3.60. The van der Waals surface area contributed by atoms with Crippen molar-refractivity contribution in [2.45, 2.75) is 17.9 Å². The number of nitrogens with zero attached hydrogens (tertiary/aromatic N) is 2. The van der Waals surface area contributed by atoms with Gasteiger partial charge in [-0.25, -0.2) is 8.42 Å². The number of aromatic nitrogens is 1. The van der Waals surface area contributed by atoms with Crippen LogP contribution in [0.1, 0.15) is 11.1 Å². The van der Waals surface area contributed by atoms with Gasteiger partial charge < -0.3 is 9.88 Å². The normalized spacial score (nSPS) is 15.3. The SMILES string of the molecule is CN1CCc2c(cccc2S(=O)(=O)N(C)c2ccc3[nH]ccc3c2)C1. The summed E-state index contributed by atoms with van der Waals surface area (Å²) in [5.41, 5.74) is 3.71. The number of nitrogens with one attached hydrogen (secondary N) is 1. The molecule has 0 unspecified atom stereocenters. The van der Waals surface area contributed by atoms with Crippen molar-refractivity contribution in [1.82, 2.24) is 9.88 Å². The van der Waals surface area contributed by atoms with Crippen LogP contribution in [0.2, 0.25) is 0 Å². The highest BCUT2D eigenvalue weighted by atomic mass is 32.2. The van der Waals surface area contributed by atoms with E-state index in [2.05, 4.69) is 16.9 Å². The summed E-state index contributed by atoms with van der Waals surface area (Å²) in [7, 11) is 0.0823. The second-order valence-electron chi connectivity index (χ2n) is 6.60. The van der Waals surface area contributed by atoms with E-state index < -0.39 is 10.0 Å². The fourth-order valence-electron chi connectivity index (χ4n) is 3.48. The number of aromatic amines is 1. The second kappa shape index (κ2) is 5.89. The highest BCUT2D eigenvalue weighted by Gasteiger charge is 2.27. The predicted octanol–water partition coefficient (Wildman–Crippen LogP) is 2.98. The first kappa shape index (κ1) is 16.2. The lowest BCUT2D eigenvalue weighted by atomic mass is 10.0. The monoisotopic (exact) mass is 355 g/mol. The minimum Gasteiger partial charge on any atom is -0.361 e. The number of benzene rings is 2. The number of rotatable bonds is 3. The molecule has 0 saturated heterocycles. The molecule has 0 amide bonds. The molecule has 2 heterocycles. The Bertz CT molecular complexity index is 1040. The summed E-state index contributed by atoms with van der Waals surface area (Å²) < 4.78 is 27.9. The molecule has 0 atom stereocenters. The lowest BCUT2D eigenvalue weighted by molar-refractivity contribution is 0.311. The van der Waals surface area contributed by atoms with Gasteiger partial charge in [0.2, 0.25) is 0 Å². The van der Waals surface area contributed by atoms with Crippen LogP contribution in [-0.2, 0) is 23.0 Å². The molecule has 25 heavy (non-hydrogen) atoms. The number of H-pyrrole nitrogens is 1. The number of sulfonamides is 1. The van der Waals surface area contributed by atoms with Gasteiger partial charge in [-0.1, -0.05) is 12.1 Å². The molecule has 3 aromatic rings. The molecule has 5 nitrogen and oxygen atoms in total. The highest BCUT2D eigenvalue weighted by molar-refractivity contribution is 7.92. The van der Waals surface area contributed by atoms with E-state index >= 15 is 0 Å². The molecule has 2 aromatic carbocycles. The van der Waals surface area contributed by atoms with Crippen molar-refractivity contribution in [2.24, 2.45) is 0 Å². The topological polar surface area (TPSA) is 56.4 Å². The molecule has 0 saturated carbocycles. The molecule has 1 aliphatic rings. The van der Waals surface area contributed by atoms with Crippen LogP contribution in [0.5, 0.6) is 0 Å². The van der Waals surface area contributed by atoms with E-state index in [0.717, 1.165) is 41.5 Å². The molecule has 0 radical (unpaired) electrons. The van der Waals surface area contributed by atoms with Crippen molar-refractivity contribution in [3.63, 3.8) is 0 Å². The molecule has 0 spiro atoms. The Kier molecular flexibility index (Phi) is 3.81. The van der Waals surface area contributed by atoms with E-state index in [1.165, 1.54) is 4.31 Å². The smallest absolute Gasteiger partial charge is 0.264 e. The average molecular weight is 355 g/mol. The van der Waals surface area contributed by atoms with Gasteiger partial charge in [0.25, 0.3) is 10.0 Å². The lowest BCUT2D eigenvalue weighted by Gasteiger charge is -2.28. The molecule has 0 bridgehead atoms. The molecule has 0 aliphatic carbocycles. The largest absolute Gasteiger partial charge is 0.361 e. The number of likely N-dealkylation sites (N-methyl/N-ethyl adjacent to an activating group) is 1. The summed E-state index contributed by atoms with van der Waals surface area (Å²) >= 11 is 0. The second-order valence-corrected chi connectivity index (χ2v) is 8.54. The fourth-order valence-corrected chi connectivity index (χ4v) is 4.96. The Morgan fingerprint density at radius 3 is 2.84 bits per heavy atom. The number of hydrogen-bond acceptors (Lipinski definition) is 3. The minimum absolute atomic E-state index is 0.426. The lowest BCUT2D eigenvalue weighted by Crippen LogP contribution is -2.31. The van der Waals surface area contributed by atoms with Crippen molar-refractivity contribution < 1.29 is 8.42 Å². The molecule has 1 N–H and O–H groups in total. The maximum absolute atomic E-state index is 13.3. The van der Waals surface area contributed by atoms with Gasteiger partial charge in [0.1, 0.15) is 0 Å². The van der Waals surface area contributed by atoms with Crippen molar-refractivity contribution in [2.75, 3.05) is 24.9 Å². The number of fused-ring (bicyclic) bond motifs is 2. The van der Waals surface area contributed by atoms with E-state index in [0.29, 0.717) is 10.6 Å². The summed E-state index contributed by atoms with van der Waals surface area (Å²) in [4.78, 5) is 5.76. The van der Waals surface area contributed by atoms with Gasteiger partial charge in [-0.15, -0.1) is 0 Å². The molecule has 1 aliphatic heterocycles. The van der Waals surface area contributed by atoms with Crippen LogP contribution in [0.15, 0.2) is 53.6 Å². The van der Waals surface area contributed by atoms with Crippen LogP contribution >= 0.6 is 0 Å². The first-order valence-electron chi connectivity index (χ1n) is 8.32. The fraction of sp³-hybridized carbons (Fsp3) is 0.263. The van der Waals surface area contributed by atoms with E-state index in [9.17, 15) is 8.42 Å². The van der Waals surface area contributed by atoms with Gasteiger partial charge in [0.05, 0.1) is 10.6 Å². The third kappa shape index (κ3) is 2.71. The molecule has 6 heteroatoms. The molecule has 1 aromatic heterocycles. The Labute approximate surface area is 147 Å². The van der Waals surface area contributed by atoms with Crippen molar-refractivity contribution in [3.8, 4) is 0 Å². The van der Waals surface area contributed by atoms with E-state index in [1.54, 1.807) is 13.1 Å². The van der Waals surface area contributed by atoms with Gasteiger partial charge >= 0.3 is 0 Å². The highest BCUT2D eigenvalue weighted by Crippen LogP contribution is 2.30. The summed E-state index contributed by atoms with van der Waals surface area (Å²) in [5.74, 6) is 0. The predicted molar refractivity (Wildman–Crippen MR) is 100 cm³/mol. The summed E-state index contributed by atoms with van der Waals surface area (Å²) in [5, 5.41) is 0.997. The van der Waals surface area contributed by atoms with Gasteiger partial charge in [-0.05, 0) is 54.9 Å². The van der Waals surface area contributed by atoms with Gasteiger partial charge in [0.15, 0.2) is 0 Å². The van der Waals surface area contributed by atoms with Gasteiger partial charge in [-0.2, -0.15) is 0 Å². The third-order valence-electron chi connectivity index (χ3n) is 4.95. The summed E-state index contributed by atoms with van der Waals surface area (Å²) in [6.45, 7) is 1.66. The van der Waals surface area contributed by atoms with Crippen LogP contribution in [0, 0.1) is 0 Å². The Hall–Kier alpha value is -2.31. The molecule has 4 rings (SSSR count). The van der Waals surface area contributed by atoms with Crippen LogP contribution in [0.25, 0.3) is 10.9 Å². The third-order valence-corrected chi connectivity index (χ3v) is 6.82. The van der Waals surface area contributed by atoms with Gasteiger partial charge in [0, 0.05) is 37.2 Å². The van der Waals surface area contributed by atoms with E-state index in [4.69, 9.17) is 0 Å². The first-order valence-corrected chi connectivity index (χ1v) is 9.76. The van der Waals surface area contributed by atoms with Crippen LogP contribution in [0.4, 0.5) is 5.69 Å². The zero-order valence-corrected chi connectivity index (χ0v) is 15.2. The maximum Gasteiger partial charge on any atom is 0.264 e. The molecular weight excluding hydrogens is 334 g/mol.